The average molecular weight is 375 g/mol. The van der Waals surface area contributed by atoms with Crippen LogP contribution in [0.5, 0.6) is 0 Å². The zero-order chi connectivity index (χ0) is 17.6. The van der Waals surface area contributed by atoms with Gasteiger partial charge in [0.25, 0.3) is 0 Å². The maximum Gasteiger partial charge on any atom is 0.229 e. The van der Waals surface area contributed by atoms with E-state index < -0.39 is 0 Å². The highest BCUT2D eigenvalue weighted by molar-refractivity contribution is 5.92. The summed E-state index contributed by atoms with van der Waals surface area (Å²) in [7, 11) is 0. The Balaban J connectivity index is 0.00000243. The molecule has 0 spiro atoms. The van der Waals surface area contributed by atoms with Crippen molar-refractivity contribution >= 4 is 24.0 Å². The Hall–Kier alpha value is -1.88. The van der Waals surface area contributed by atoms with Crippen molar-refractivity contribution < 1.29 is 9.53 Å². The van der Waals surface area contributed by atoms with Crippen LogP contribution in [0.15, 0.2) is 54.6 Å². The van der Waals surface area contributed by atoms with Crippen LogP contribution in [0.4, 0.5) is 5.69 Å². The summed E-state index contributed by atoms with van der Waals surface area (Å²) in [5.41, 5.74) is 9.06. The largest absolute Gasteiger partial charge is 0.376 e. The van der Waals surface area contributed by atoms with Crippen LogP contribution in [-0.4, -0.2) is 12.5 Å². The summed E-state index contributed by atoms with van der Waals surface area (Å²) in [5, 5.41) is 2.97. The van der Waals surface area contributed by atoms with Gasteiger partial charge in [0.15, 0.2) is 0 Å². The highest BCUT2D eigenvalue weighted by Gasteiger charge is 2.22. The second kappa shape index (κ2) is 9.72. The maximum atomic E-state index is 12.5. The molecule has 0 aromatic heterocycles. The molecule has 1 amide bonds. The van der Waals surface area contributed by atoms with Crippen LogP contribution in [-0.2, 0) is 16.1 Å². The molecule has 26 heavy (non-hydrogen) atoms. The molecule has 0 radical (unpaired) electrons. The Labute approximate surface area is 161 Å². The smallest absolute Gasteiger partial charge is 0.229 e. The van der Waals surface area contributed by atoms with Crippen LogP contribution < -0.4 is 11.1 Å². The zero-order valence-corrected chi connectivity index (χ0v) is 15.9. The van der Waals surface area contributed by atoms with E-state index in [4.69, 9.17) is 10.5 Å². The van der Waals surface area contributed by atoms with Gasteiger partial charge in [-0.25, -0.2) is 0 Å². The number of carbonyl (C=O) groups excluding carboxylic acids is 1. The first-order valence-corrected chi connectivity index (χ1v) is 8.91. The normalized spacial score (nSPS) is 15.6. The van der Waals surface area contributed by atoms with E-state index >= 15 is 0 Å². The van der Waals surface area contributed by atoms with Crippen molar-refractivity contribution in [3.63, 3.8) is 0 Å². The number of rotatable bonds is 8. The molecule has 4 nitrogen and oxygen atoms in total. The first-order chi connectivity index (χ1) is 12.1. The summed E-state index contributed by atoms with van der Waals surface area (Å²) in [6.07, 6.45) is 2.57. The monoisotopic (exact) mass is 374 g/mol. The molecule has 2 unspecified atom stereocenters. The number of nitrogens with one attached hydrogen (secondary N) is 1. The van der Waals surface area contributed by atoms with Crippen molar-refractivity contribution in [1.29, 1.82) is 0 Å². The third-order valence-electron chi connectivity index (χ3n) is 4.65. The minimum atomic E-state index is -0.328. The molecular weight excluding hydrogens is 348 g/mol. The fourth-order valence-electron chi connectivity index (χ4n) is 2.75. The number of hydrogen-bond donors (Lipinski definition) is 2. The molecule has 1 aliphatic rings. The van der Waals surface area contributed by atoms with E-state index in [9.17, 15) is 4.79 Å². The van der Waals surface area contributed by atoms with Gasteiger partial charge in [-0.2, -0.15) is 0 Å². The van der Waals surface area contributed by atoms with E-state index in [0.29, 0.717) is 6.61 Å². The summed E-state index contributed by atoms with van der Waals surface area (Å²) >= 11 is 0. The van der Waals surface area contributed by atoms with Gasteiger partial charge in [0, 0.05) is 18.3 Å². The van der Waals surface area contributed by atoms with Gasteiger partial charge in [0.2, 0.25) is 5.91 Å². The van der Waals surface area contributed by atoms with Crippen LogP contribution in [0.3, 0.4) is 0 Å². The summed E-state index contributed by atoms with van der Waals surface area (Å²) in [6.45, 7) is 3.27. The maximum absolute atomic E-state index is 12.5. The van der Waals surface area contributed by atoms with Crippen molar-refractivity contribution in [3.05, 3.63) is 65.7 Å². The minimum absolute atomic E-state index is 0. The molecule has 3 rings (SSSR count). The second-order valence-electron chi connectivity index (χ2n) is 6.87. The van der Waals surface area contributed by atoms with Crippen LogP contribution in [0.2, 0.25) is 0 Å². The van der Waals surface area contributed by atoms with Gasteiger partial charge in [-0.1, -0.05) is 49.4 Å². The lowest BCUT2D eigenvalue weighted by Crippen LogP contribution is -2.30. The number of carbonyl (C=O) groups is 1. The van der Waals surface area contributed by atoms with Crippen molar-refractivity contribution in [1.82, 2.24) is 0 Å². The fraction of sp³-hybridized carbons (Fsp3) is 0.381. The van der Waals surface area contributed by atoms with Crippen LogP contribution in [0, 0.1) is 11.8 Å². The summed E-state index contributed by atoms with van der Waals surface area (Å²) in [5.74, 6) is 0.354. The minimum Gasteiger partial charge on any atom is -0.376 e. The first-order valence-electron chi connectivity index (χ1n) is 8.91. The molecule has 1 aliphatic carbocycles. The van der Waals surface area contributed by atoms with Crippen molar-refractivity contribution in [3.8, 4) is 0 Å². The Morgan fingerprint density at radius 1 is 1.19 bits per heavy atom. The van der Waals surface area contributed by atoms with Gasteiger partial charge in [0.05, 0.1) is 12.5 Å². The van der Waals surface area contributed by atoms with Gasteiger partial charge in [-0.3, -0.25) is 4.79 Å². The lowest BCUT2D eigenvalue weighted by Gasteiger charge is -2.20. The number of amides is 1. The molecule has 1 fully saturated rings. The molecule has 0 bridgehead atoms. The quantitative estimate of drug-likeness (QED) is 0.723. The molecular formula is C21H27ClN2O2. The first kappa shape index (κ1) is 20.4. The van der Waals surface area contributed by atoms with E-state index in [1.165, 1.54) is 12.8 Å². The number of halogens is 1. The van der Waals surface area contributed by atoms with Crippen LogP contribution >= 0.6 is 12.4 Å². The lowest BCUT2D eigenvalue weighted by atomic mass is 9.94. The summed E-state index contributed by atoms with van der Waals surface area (Å²) in [6, 6.07) is 17.2. The molecule has 0 heterocycles. The standard InChI is InChI=1S/C21H26N2O2.ClH/c1-15(20(22)18-7-3-2-4-8-18)21(24)23-19-9-5-6-17(12-19)14-25-13-16-10-11-16;/h2-9,12,15-16,20H,10-11,13-14,22H2,1H3,(H,23,24);1H. The Bertz CT molecular complexity index is 704. The number of anilines is 1. The highest BCUT2D eigenvalue weighted by atomic mass is 35.5. The molecule has 1 saturated carbocycles. The van der Waals surface area contributed by atoms with Gasteiger partial charge in [0.1, 0.15) is 0 Å². The van der Waals surface area contributed by atoms with E-state index in [1.54, 1.807) is 0 Å². The van der Waals surface area contributed by atoms with Gasteiger partial charge in [-0.05, 0) is 42.0 Å². The van der Waals surface area contributed by atoms with Gasteiger partial charge in [-0.15, -0.1) is 12.4 Å². The molecule has 0 saturated heterocycles. The molecule has 0 aliphatic heterocycles. The molecule has 2 aromatic rings. The number of hydrogen-bond acceptors (Lipinski definition) is 3. The summed E-state index contributed by atoms with van der Waals surface area (Å²) in [4.78, 5) is 12.5. The van der Waals surface area contributed by atoms with Crippen LogP contribution in [0.25, 0.3) is 0 Å². The van der Waals surface area contributed by atoms with Crippen molar-refractivity contribution in [2.75, 3.05) is 11.9 Å². The average Bonchev–Trinajstić information content (AvgIpc) is 3.46. The van der Waals surface area contributed by atoms with Crippen molar-refractivity contribution in [2.45, 2.75) is 32.4 Å². The third kappa shape index (κ3) is 5.84. The SMILES string of the molecule is CC(C(=O)Nc1cccc(COCC2CC2)c1)C(N)c1ccccc1.Cl. The molecule has 5 heteroatoms. The van der Waals surface area contributed by atoms with E-state index in [0.717, 1.165) is 29.3 Å². The predicted molar refractivity (Wildman–Crippen MR) is 107 cm³/mol. The summed E-state index contributed by atoms with van der Waals surface area (Å²) < 4.78 is 5.71. The molecule has 3 N–H and O–H groups in total. The fourth-order valence-corrected chi connectivity index (χ4v) is 2.75. The highest BCUT2D eigenvalue weighted by Crippen LogP contribution is 2.29. The zero-order valence-electron chi connectivity index (χ0n) is 15.1. The van der Waals surface area contributed by atoms with E-state index in [-0.39, 0.29) is 30.3 Å². The molecule has 2 aromatic carbocycles. The topological polar surface area (TPSA) is 64.3 Å². The van der Waals surface area contributed by atoms with Crippen LogP contribution in [0.1, 0.15) is 36.9 Å². The van der Waals surface area contributed by atoms with Gasteiger partial charge < -0.3 is 15.8 Å². The lowest BCUT2D eigenvalue weighted by molar-refractivity contribution is -0.120. The number of nitrogens with two attached hydrogens (primary N) is 1. The van der Waals surface area contributed by atoms with Crippen molar-refractivity contribution in [2.24, 2.45) is 17.6 Å². The predicted octanol–water partition coefficient (Wildman–Crippen LogP) is 4.31. The number of benzene rings is 2. The van der Waals surface area contributed by atoms with E-state index in [1.807, 2.05) is 61.5 Å². The Kier molecular flexibility index (Phi) is 7.64. The third-order valence-corrected chi connectivity index (χ3v) is 4.65. The van der Waals surface area contributed by atoms with E-state index in [2.05, 4.69) is 5.32 Å². The Morgan fingerprint density at radius 2 is 1.92 bits per heavy atom. The Morgan fingerprint density at radius 3 is 2.62 bits per heavy atom. The number of ether oxygens (including phenoxy) is 1. The van der Waals surface area contributed by atoms with Gasteiger partial charge >= 0.3 is 0 Å². The second-order valence-corrected chi connectivity index (χ2v) is 6.87. The molecule has 140 valence electrons. The molecule has 2 atom stereocenters.